The number of fused-ring (bicyclic) bond motifs is 2. The van der Waals surface area contributed by atoms with Crippen LogP contribution >= 0.6 is 0 Å². The first-order valence-corrected chi connectivity index (χ1v) is 9.69. The number of hydrogen-bond acceptors (Lipinski definition) is 2. The van der Waals surface area contributed by atoms with Crippen LogP contribution in [0.3, 0.4) is 0 Å². The molecule has 0 aromatic heterocycles. The highest BCUT2D eigenvalue weighted by molar-refractivity contribution is 6.69. The molecule has 0 aromatic rings. The predicted octanol–water partition coefficient (Wildman–Crippen LogP) is 3.35. The van der Waals surface area contributed by atoms with E-state index in [0.717, 1.165) is 25.9 Å². The van der Waals surface area contributed by atoms with Crippen LogP contribution in [0.25, 0.3) is 0 Å². The van der Waals surface area contributed by atoms with Crippen LogP contribution in [0.1, 0.15) is 26.2 Å². The van der Waals surface area contributed by atoms with Gasteiger partial charge in [0.05, 0.1) is 11.7 Å². The van der Waals surface area contributed by atoms with E-state index in [9.17, 15) is 0 Å². The summed E-state index contributed by atoms with van der Waals surface area (Å²) in [4.78, 5) is 0. The van der Waals surface area contributed by atoms with Gasteiger partial charge in [-0.25, -0.2) is 0 Å². The Kier molecular flexibility index (Phi) is 3.06. The first-order chi connectivity index (χ1) is 7.31. The van der Waals surface area contributed by atoms with E-state index in [-0.39, 0.29) is 5.60 Å². The molecule has 1 heterocycles. The minimum Gasteiger partial charge on any atom is -0.412 e. The quantitative estimate of drug-likeness (QED) is 0.556. The molecule has 3 atom stereocenters. The third kappa shape index (κ3) is 2.41. The first kappa shape index (κ1) is 12.3. The van der Waals surface area contributed by atoms with Crippen LogP contribution in [-0.2, 0) is 9.16 Å². The highest BCUT2D eigenvalue weighted by Gasteiger charge is 2.51. The normalized spacial score (nSPS) is 38.8. The SMILES string of the molecule is C=C(C)[C@@H]1CC2(O[Si](C)(C)C)CCO[C@H]1C2. The molecule has 2 rings (SSSR count). The Hall–Kier alpha value is -0.123. The average molecular weight is 240 g/mol. The van der Waals surface area contributed by atoms with E-state index in [4.69, 9.17) is 9.16 Å². The summed E-state index contributed by atoms with van der Waals surface area (Å²) in [5.74, 6) is 0.513. The summed E-state index contributed by atoms with van der Waals surface area (Å²) in [6.45, 7) is 13.9. The van der Waals surface area contributed by atoms with Crippen LogP contribution in [0.2, 0.25) is 19.6 Å². The summed E-state index contributed by atoms with van der Waals surface area (Å²) in [6.07, 6.45) is 3.63. The van der Waals surface area contributed by atoms with Crippen LogP contribution in [0.4, 0.5) is 0 Å². The van der Waals surface area contributed by atoms with E-state index in [0.29, 0.717) is 12.0 Å². The van der Waals surface area contributed by atoms with Crippen molar-refractivity contribution in [1.29, 1.82) is 0 Å². The molecule has 1 saturated heterocycles. The zero-order chi connectivity index (χ0) is 12.0. The minimum atomic E-state index is -1.46. The van der Waals surface area contributed by atoms with Crippen molar-refractivity contribution in [3.05, 3.63) is 12.2 Å². The van der Waals surface area contributed by atoms with Gasteiger partial charge in [-0.2, -0.15) is 0 Å². The van der Waals surface area contributed by atoms with Gasteiger partial charge in [-0.3, -0.25) is 0 Å². The number of ether oxygens (including phenoxy) is 1. The second-order valence-corrected chi connectivity index (χ2v) is 10.8. The average Bonchev–Trinajstić information content (AvgIpc) is 2.34. The number of rotatable bonds is 3. The van der Waals surface area contributed by atoms with Crippen molar-refractivity contribution in [3.63, 3.8) is 0 Å². The smallest absolute Gasteiger partial charge is 0.184 e. The molecule has 2 aliphatic rings. The molecule has 1 unspecified atom stereocenters. The minimum absolute atomic E-state index is 0.108. The van der Waals surface area contributed by atoms with E-state index in [2.05, 4.69) is 33.1 Å². The van der Waals surface area contributed by atoms with Crippen molar-refractivity contribution in [1.82, 2.24) is 0 Å². The summed E-state index contributed by atoms with van der Waals surface area (Å²) in [5.41, 5.74) is 1.37. The highest BCUT2D eigenvalue weighted by Crippen LogP contribution is 2.48. The molecule has 0 amide bonds. The first-order valence-electron chi connectivity index (χ1n) is 6.29. The van der Waals surface area contributed by atoms with Crippen molar-refractivity contribution in [2.45, 2.75) is 57.5 Å². The van der Waals surface area contributed by atoms with E-state index in [1.54, 1.807) is 0 Å². The second kappa shape index (κ2) is 3.97. The molecule has 2 nitrogen and oxygen atoms in total. The van der Waals surface area contributed by atoms with Crippen LogP contribution in [0, 0.1) is 5.92 Å². The maximum atomic E-state index is 6.46. The zero-order valence-electron chi connectivity index (χ0n) is 11.0. The topological polar surface area (TPSA) is 18.5 Å². The Morgan fingerprint density at radius 2 is 2.06 bits per heavy atom. The Bertz CT molecular complexity index is 295. The fraction of sp³-hybridized carbons (Fsp3) is 0.846. The lowest BCUT2D eigenvalue weighted by molar-refractivity contribution is -0.0521. The summed E-state index contributed by atoms with van der Waals surface area (Å²) in [5, 5.41) is 0. The molecular formula is C13H24O2Si. The molecule has 0 radical (unpaired) electrons. The van der Waals surface area contributed by atoms with Gasteiger partial charge in [0.25, 0.3) is 0 Å². The Morgan fingerprint density at radius 1 is 1.38 bits per heavy atom. The predicted molar refractivity (Wildman–Crippen MR) is 69.1 cm³/mol. The highest BCUT2D eigenvalue weighted by atomic mass is 28.4. The Labute approximate surface area is 100 Å². The molecule has 1 aliphatic carbocycles. The second-order valence-electron chi connectivity index (χ2n) is 6.42. The van der Waals surface area contributed by atoms with Crippen LogP contribution in [0.5, 0.6) is 0 Å². The summed E-state index contributed by atoms with van der Waals surface area (Å²) >= 11 is 0. The largest absolute Gasteiger partial charge is 0.412 e. The molecule has 2 bridgehead atoms. The van der Waals surface area contributed by atoms with Crippen LogP contribution < -0.4 is 0 Å². The van der Waals surface area contributed by atoms with E-state index < -0.39 is 8.32 Å². The third-order valence-electron chi connectivity index (χ3n) is 3.66. The fourth-order valence-corrected chi connectivity index (χ4v) is 4.74. The molecule has 0 spiro atoms. The lowest BCUT2D eigenvalue weighted by Crippen LogP contribution is -2.44. The van der Waals surface area contributed by atoms with Gasteiger partial charge in [-0.15, -0.1) is 0 Å². The number of hydrogen-bond donors (Lipinski definition) is 0. The van der Waals surface area contributed by atoms with Crippen molar-refractivity contribution in [3.8, 4) is 0 Å². The monoisotopic (exact) mass is 240 g/mol. The van der Waals surface area contributed by atoms with Gasteiger partial charge in [-0.1, -0.05) is 12.2 Å². The van der Waals surface area contributed by atoms with Crippen molar-refractivity contribution in [2.75, 3.05) is 6.61 Å². The summed E-state index contributed by atoms with van der Waals surface area (Å²) in [7, 11) is -1.46. The lowest BCUT2D eigenvalue weighted by Gasteiger charge is -2.38. The van der Waals surface area contributed by atoms with E-state index in [1.165, 1.54) is 5.57 Å². The zero-order valence-corrected chi connectivity index (χ0v) is 12.0. The molecule has 92 valence electrons. The summed E-state index contributed by atoms with van der Waals surface area (Å²) in [6, 6.07) is 0. The lowest BCUT2D eigenvalue weighted by atomic mass is 9.94. The van der Waals surface area contributed by atoms with Gasteiger partial charge in [0.15, 0.2) is 8.32 Å². The van der Waals surface area contributed by atoms with Gasteiger partial charge >= 0.3 is 0 Å². The van der Waals surface area contributed by atoms with Crippen LogP contribution in [-0.4, -0.2) is 26.6 Å². The van der Waals surface area contributed by atoms with Gasteiger partial charge in [0.1, 0.15) is 0 Å². The molecular weight excluding hydrogens is 216 g/mol. The maximum Gasteiger partial charge on any atom is 0.184 e. The molecule has 0 aromatic carbocycles. The molecule has 0 N–H and O–H groups in total. The van der Waals surface area contributed by atoms with Crippen molar-refractivity contribution >= 4 is 8.32 Å². The maximum absolute atomic E-state index is 6.46. The molecule has 3 heteroatoms. The molecule has 16 heavy (non-hydrogen) atoms. The fourth-order valence-electron chi connectivity index (χ4n) is 3.18. The molecule has 2 fully saturated rings. The van der Waals surface area contributed by atoms with Crippen molar-refractivity contribution < 1.29 is 9.16 Å². The van der Waals surface area contributed by atoms with Crippen LogP contribution in [0.15, 0.2) is 12.2 Å². The molecule has 1 aliphatic heterocycles. The van der Waals surface area contributed by atoms with Crippen molar-refractivity contribution in [2.24, 2.45) is 5.92 Å². The Balaban J connectivity index is 2.14. The van der Waals surface area contributed by atoms with Gasteiger partial charge in [0, 0.05) is 18.9 Å². The van der Waals surface area contributed by atoms with E-state index >= 15 is 0 Å². The molecule has 1 saturated carbocycles. The standard InChI is InChI=1S/C13H24O2Si/c1-10(2)11-8-13(15-16(3,4)5)6-7-14-12(11)9-13/h11-12H,1,6-9H2,2-5H3/t11-,12-,13?/m0/s1. The third-order valence-corrected chi connectivity index (χ3v) is 4.70. The summed E-state index contributed by atoms with van der Waals surface area (Å²) < 4.78 is 12.3. The Morgan fingerprint density at radius 3 is 2.62 bits per heavy atom. The van der Waals surface area contributed by atoms with E-state index in [1.807, 2.05) is 0 Å². The van der Waals surface area contributed by atoms with Gasteiger partial charge < -0.3 is 9.16 Å². The van der Waals surface area contributed by atoms with Gasteiger partial charge in [0.2, 0.25) is 0 Å². The van der Waals surface area contributed by atoms with Gasteiger partial charge in [-0.05, 0) is 39.4 Å².